The first-order chi connectivity index (χ1) is 15.0. The molecule has 0 bridgehead atoms. The standard InChI is InChI=1S/C22H19Cl3N4O2/c23-15-6-4-14(5-7-15)20-21(17-9-8-16(24)12-18(17)25)27-19(13-26-20)31-22(30)28-29-10-2-1-3-11-29/h4-9,12-13H,1-3,10-11H2,(H,28,30). The van der Waals surface area contributed by atoms with Crippen molar-refractivity contribution in [2.45, 2.75) is 19.3 Å². The molecule has 2 heterocycles. The first-order valence-corrected chi connectivity index (χ1v) is 10.9. The molecule has 160 valence electrons. The molecule has 0 spiro atoms. The Bertz CT molecular complexity index is 1090. The quantitative estimate of drug-likeness (QED) is 0.480. The highest BCUT2D eigenvalue weighted by Crippen LogP contribution is 2.36. The van der Waals surface area contributed by atoms with Gasteiger partial charge in [0.15, 0.2) is 0 Å². The third-order valence-electron chi connectivity index (χ3n) is 4.86. The van der Waals surface area contributed by atoms with E-state index in [9.17, 15) is 4.79 Å². The summed E-state index contributed by atoms with van der Waals surface area (Å²) in [6.07, 6.45) is 4.04. The molecule has 0 aliphatic carbocycles. The molecule has 0 unspecified atom stereocenters. The molecular formula is C22H19Cl3N4O2. The zero-order valence-electron chi connectivity index (χ0n) is 16.4. The van der Waals surface area contributed by atoms with Gasteiger partial charge in [0.25, 0.3) is 0 Å². The number of ether oxygens (including phenoxy) is 1. The van der Waals surface area contributed by atoms with Gasteiger partial charge in [-0.3, -0.25) is 5.43 Å². The number of nitrogens with one attached hydrogen (secondary N) is 1. The van der Waals surface area contributed by atoms with Gasteiger partial charge in [-0.1, -0.05) is 53.4 Å². The Morgan fingerprint density at radius 1 is 0.935 bits per heavy atom. The molecule has 1 aliphatic rings. The molecule has 9 heteroatoms. The number of hydrogen-bond acceptors (Lipinski definition) is 5. The maximum atomic E-state index is 12.3. The van der Waals surface area contributed by atoms with Crippen LogP contribution in [0.5, 0.6) is 5.88 Å². The minimum absolute atomic E-state index is 0.0632. The smallest absolute Gasteiger partial charge is 0.389 e. The Hall–Kier alpha value is -2.38. The van der Waals surface area contributed by atoms with Gasteiger partial charge in [-0.2, -0.15) is 0 Å². The van der Waals surface area contributed by atoms with Gasteiger partial charge in [0.2, 0.25) is 5.88 Å². The molecule has 1 N–H and O–H groups in total. The lowest BCUT2D eigenvalue weighted by molar-refractivity contribution is 0.128. The summed E-state index contributed by atoms with van der Waals surface area (Å²) in [4.78, 5) is 21.4. The van der Waals surface area contributed by atoms with Crippen molar-refractivity contribution >= 4 is 40.9 Å². The van der Waals surface area contributed by atoms with Crippen molar-refractivity contribution in [3.63, 3.8) is 0 Å². The van der Waals surface area contributed by atoms with Gasteiger partial charge in [0, 0.05) is 34.3 Å². The summed E-state index contributed by atoms with van der Waals surface area (Å²) in [5.74, 6) is 0.0632. The molecular weight excluding hydrogens is 459 g/mol. The molecule has 0 saturated carbocycles. The Morgan fingerprint density at radius 3 is 2.35 bits per heavy atom. The van der Waals surface area contributed by atoms with Crippen LogP contribution in [0.1, 0.15) is 19.3 Å². The number of hydrogen-bond donors (Lipinski definition) is 1. The molecule has 31 heavy (non-hydrogen) atoms. The number of halogens is 3. The molecule has 4 rings (SSSR count). The first-order valence-electron chi connectivity index (χ1n) is 9.81. The minimum atomic E-state index is -0.608. The third kappa shape index (κ3) is 5.46. The van der Waals surface area contributed by atoms with Gasteiger partial charge in [-0.05, 0) is 43.2 Å². The van der Waals surface area contributed by atoms with Crippen molar-refractivity contribution in [2.24, 2.45) is 0 Å². The minimum Gasteiger partial charge on any atom is -0.389 e. The van der Waals surface area contributed by atoms with E-state index in [0.717, 1.165) is 37.9 Å². The number of benzene rings is 2. The van der Waals surface area contributed by atoms with Crippen LogP contribution in [0, 0.1) is 0 Å². The largest absolute Gasteiger partial charge is 0.428 e. The molecule has 1 fully saturated rings. The molecule has 2 aromatic carbocycles. The van der Waals surface area contributed by atoms with Gasteiger partial charge in [0.1, 0.15) is 5.69 Å². The van der Waals surface area contributed by atoms with E-state index in [1.807, 2.05) is 17.1 Å². The lowest BCUT2D eigenvalue weighted by Gasteiger charge is -2.26. The van der Waals surface area contributed by atoms with Crippen LogP contribution in [0.3, 0.4) is 0 Å². The van der Waals surface area contributed by atoms with Crippen LogP contribution in [-0.2, 0) is 0 Å². The molecule has 1 amide bonds. The maximum absolute atomic E-state index is 12.3. The fourth-order valence-electron chi connectivity index (χ4n) is 3.36. The summed E-state index contributed by atoms with van der Waals surface area (Å²) in [5, 5.41) is 3.37. The fourth-order valence-corrected chi connectivity index (χ4v) is 3.99. The predicted molar refractivity (Wildman–Crippen MR) is 123 cm³/mol. The molecule has 1 saturated heterocycles. The topological polar surface area (TPSA) is 67.4 Å². The number of carbonyl (C=O) groups is 1. The second-order valence-electron chi connectivity index (χ2n) is 7.09. The molecule has 0 radical (unpaired) electrons. The average Bonchev–Trinajstić information content (AvgIpc) is 2.75. The van der Waals surface area contributed by atoms with E-state index in [-0.39, 0.29) is 5.88 Å². The number of piperidine rings is 1. The Balaban J connectivity index is 1.66. The number of rotatable bonds is 4. The summed E-state index contributed by atoms with van der Waals surface area (Å²) >= 11 is 18.5. The number of amides is 1. The second-order valence-corrected chi connectivity index (χ2v) is 8.37. The van der Waals surface area contributed by atoms with E-state index in [4.69, 9.17) is 39.5 Å². The van der Waals surface area contributed by atoms with Gasteiger partial charge < -0.3 is 4.74 Å². The average molecular weight is 478 g/mol. The summed E-state index contributed by atoms with van der Waals surface area (Å²) < 4.78 is 5.40. The van der Waals surface area contributed by atoms with E-state index in [0.29, 0.717) is 32.0 Å². The van der Waals surface area contributed by atoms with Gasteiger partial charge in [-0.25, -0.2) is 19.8 Å². The van der Waals surface area contributed by atoms with Crippen LogP contribution >= 0.6 is 34.8 Å². The number of nitrogens with zero attached hydrogens (tertiary/aromatic N) is 3. The van der Waals surface area contributed by atoms with E-state index in [2.05, 4.69) is 15.4 Å². The lowest BCUT2D eigenvalue weighted by atomic mass is 10.0. The summed E-state index contributed by atoms with van der Waals surface area (Å²) in [7, 11) is 0. The molecule has 1 aliphatic heterocycles. The monoisotopic (exact) mass is 476 g/mol. The van der Waals surface area contributed by atoms with Crippen LogP contribution in [0.2, 0.25) is 15.1 Å². The third-order valence-corrected chi connectivity index (χ3v) is 5.66. The summed E-state index contributed by atoms with van der Waals surface area (Å²) in [6.45, 7) is 1.59. The highest BCUT2D eigenvalue weighted by Gasteiger charge is 2.19. The van der Waals surface area contributed by atoms with Crippen molar-refractivity contribution in [1.29, 1.82) is 0 Å². The highest BCUT2D eigenvalue weighted by molar-refractivity contribution is 6.36. The number of hydrazine groups is 1. The molecule has 1 aromatic heterocycles. The summed E-state index contributed by atoms with van der Waals surface area (Å²) in [6, 6.07) is 12.3. The van der Waals surface area contributed by atoms with E-state index in [1.165, 1.54) is 6.20 Å². The van der Waals surface area contributed by atoms with Gasteiger partial charge in [-0.15, -0.1) is 0 Å². The van der Waals surface area contributed by atoms with Crippen molar-refractivity contribution in [3.8, 4) is 28.4 Å². The van der Waals surface area contributed by atoms with E-state index in [1.54, 1.807) is 30.3 Å². The number of carbonyl (C=O) groups excluding carboxylic acids is 1. The van der Waals surface area contributed by atoms with Crippen LogP contribution in [-0.4, -0.2) is 34.2 Å². The summed E-state index contributed by atoms with van der Waals surface area (Å²) in [5.41, 5.74) is 5.19. The predicted octanol–water partition coefficient (Wildman–Crippen LogP) is 6.26. The van der Waals surface area contributed by atoms with Crippen LogP contribution in [0.4, 0.5) is 4.79 Å². The lowest BCUT2D eigenvalue weighted by Crippen LogP contribution is -2.46. The van der Waals surface area contributed by atoms with Crippen molar-refractivity contribution in [2.75, 3.05) is 13.1 Å². The Kier molecular flexibility index (Phi) is 6.92. The highest BCUT2D eigenvalue weighted by atomic mass is 35.5. The zero-order valence-corrected chi connectivity index (χ0v) is 18.7. The van der Waals surface area contributed by atoms with Gasteiger partial charge >= 0.3 is 6.09 Å². The van der Waals surface area contributed by atoms with Crippen molar-refractivity contribution in [1.82, 2.24) is 20.4 Å². The van der Waals surface area contributed by atoms with E-state index >= 15 is 0 Å². The van der Waals surface area contributed by atoms with Crippen LogP contribution in [0.15, 0.2) is 48.7 Å². The van der Waals surface area contributed by atoms with E-state index < -0.39 is 6.09 Å². The van der Waals surface area contributed by atoms with Crippen molar-refractivity contribution < 1.29 is 9.53 Å². The molecule has 3 aromatic rings. The fraction of sp³-hybridized carbons (Fsp3) is 0.227. The first kappa shape index (κ1) is 21.8. The molecule has 6 nitrogen and oxygen atoms in total. The van der Waals surface area contributed by atoms with Crippen molar-refractivity contribution in [3.05, 3.63) is 63.7 Å². The SMILES string of the molecule is O=C(NN1CCCCC1)Oc1cnc(-c2ccc(Cl)cc2)c(-c2ccc(Cl)cc2Cl)n1. The maximum Gasteiger partial charge on any atom is 0.428 e. The van der Waals surface area contributed by atoms with Gasteiger partial charge in [0.05, 0.1) is 16.9 Å². The normalized spacial score (nSPS) is 14.3. The Labute approximate surface area is 195 Å². The number of aromatic nitrogens is 2. The second kappa shape index (κ2) is 9.83. The van der Waals surface area contributed by atoms with Crippen LogP contribution < -0.4 is 10.2 Å². The van der Waals surface area contributed by atoms with Crippen LogP contribution in [0.25, 0.3) is 22.5 Å². The Morgan fingerprint density at radius 2 is 1.65 bits per heavy atom. The zero-order chi connectivity index (χ0) is 21.8. The molecule has 0 atom stereocenters.